The molecule has 1 fully saturated rings. The maximum Gasteiger partial charge on any atom is 0.126 e. The van der Waals surface area contributed by atoms with Crippen molar-refractivity contribution in [3.8, 4) is 0 Å². The molecule has 1 aliphatic rings. The monoisotopic (exact) mass is 211 g/mol. The molecule has 1 aliphatic heterocycles. The van der Waals surface area contributed by atoms with Gasteiger partial charge in [-0.25, -0.2) is 8.78 Å². The number of nitrogens with one attached hydrogen (secondary N) is 1. The van der Waals surface area contributed by atoms with E-state index in [2.05, 4.69) is 5.32 Å². The van der Waals surface area contributed by atoms with Crippen LogP contribution in [0.5, 0.6) is 0 Å². The standard InChI is InChI=1S/C12H15F2N/c1-8(12-3-2-6-15-12)10-7-9(13)4-5-11(10)14/h4-5,7-8,12,15H,2-3,6H2,1H3/t8-,12?/m1/s1. The van der Waals surface area contributed by atoms with E-state index in [0.29, 0.717) is 5.56 Å². The Kier molecular flexibility index (Phi) is 3.00. The Labute approximate surface area is 88.5 Å². The van der Waals surface area contributed by atoms with Crippen LogP contribution in [0, 0.1) is 11.6 Å². The largest absolute Gasteiger partial charge is 0.313 e. The Hall–Kier alpha value is -0.960. The lowest BCUT2D eigenvalue weighted by Gasteiger charge is -2.20. The van der Waals surface area contributed by atoms with E-state index in [1.165, 1.54) is 12.1 Å². The molecule has 0 saturated carbocycles. The third-order valence-corrected chi connectivity index (χ3v) is 3.15. The van der Waals surface area contributed by atoms with Crippen LogP contribution in [-0.2, 0) is 0 Å². The van der Waals surface area contributed by atoms with Crippen LogP contribution in [0.15, 0.2) is 18.2 Å². The van der Waals surface area contributed by atoms with Crippen molar-refractivity contribution in [3.05, 3.63) is 35.4 Å². The van der Waals surface area contributed by atoms with Gasteiger partial charge in [-0.05, 0) is 49.1 Å². The molecule has 2 atom stereocenters. The molecule has 0 spiro atoms. The highest BCUT2D eigenvalue weighted by atomic mass is 19.1. The Morgan fingerprint density at radius 3 is 2.87 bits per heavy atom. The lowest BCUT2D eigenvalue weighted by atomic mass is 9.92. The minimum Gasteiger partial charge on any atom is -0.313 e. The number of halogens is 2. The predicted octanol–water partition coefficient (Wildman–Crippen LogP) is 2.82. The van der Waals surface area contributed by atoms with Gasteiger partial charge in [0.25, 0.3) is 0 Å². The molecule has 1 aromatic rings. The second-order valence-electron chi connectivity index (χ2n) is 4.16. The van der Waals surface area contributed by atoms with Crippen LogP contribution in [0.2, 0.25) is 0 Å². The van der Waals surface area contributed by atoms with E-state index in [1.807, 2.05) is 6.92 Å². The fraction of sp³-hybridized carbons (Fsp3) is 0.500. The highest BCUT2D eigenvalue weighted by molar-refractivity contribution is 5.24. The van der Waals surface area contributed by atoms with Gasteiger partial charge in [0, 0.05) is 6.04 Å². The second kappa shape index (κ2) is 4.27. The van der Waals surface area contributed by atoms with E-state index in [1.54, 1.807) is 0 Å². The van der Waals surface area contributed by atoms with Crippen LogP contribution >= 0.6 is 0 Å². The average Bonchev–Trinajstić information content (AvgIpc) is 2.74. The molecule has 1 N–H and O–H groups in total. The minimum absolute atomic E-state index is 0.0307. The molecular weight excluding hydrogens is 196 g/mol. The van der Waals surface area contributed by atoms with Gasteiger partial charge in [0.1, 0.15) is 11.6 Å². The first-order valence-corrected chi connectivity index (χ1v) is 5.37. The summed E-state index contributed by atoms with van der Waals surface area (Å²) in [5.74, 6) is -0.642. The van der Waals surface area contributed by atoms with Crippen molar-refractivity contribution < 1.29 is 8.78 Å². The van der Waals surface area contributed by atoms with Gasteiger partial charge in [0.05, 0.1) is 0 Å². The number of benzene rings is 1. The zero-order chi connectivity index (χ0) is 10.8. The van der Waals surface area contributed by atoms with E-state index >= 15 is 0 Å². The molecule has 1 nitrogen and oxygen atoms in total. The molecule has 0 radical (unpaired) electrons. The Morgan fingerprint density at radius 1 is 1.40 bits per heavy atom. The van der Waals surface area contributed by atoms with Gasteiger partial charge >= 0.3 is 0 Å². The summed E-state index contributed by atoms with van der Waals surface area (Å²) in [6, 6.07) is 3.95. The van der Waals surface area contributed by atoms with Gasteiger partial charge in [0.2, 0.25) is 0 Å². The van der Waals surface area contributed by atoms with E-state index in [4.69, 9.17) is 0 Å². The lowest BCUT2D eigenvalue weighted by molar-refractivity contribution is 0.487. The summed E-state index contributed by atoms with van der Waals surface area (Å²) in [6.45, 7) is 2.92. The summed E-state index contributed by atoms with van der Waals surface area (Å²) < 4.78 is 26.5. The molecular formula is C12H15F2N. The summed E-state index contributed by atoms with van der Waals surface area (Å²) in [5, 5.41) is 3.31. The van der Waals surface area contributed by atoms with E-state index in [9.17, 15) is 8.78 Å². The Morgan fingerprint density at radius 2 is 2.20 bits per heavy atom. The van der Waals surface area contributed by atoms with Crippen LogP contribution in [0.3, 0.4) is 0 Å². The fourth-order valence-electron chi connectivity index (χ4n) is 2.22. The van der Waals surface area contributed by atoms with Crippen molar-refractivity contribution in [2.45, 2.75) is 31.7 Å². The molecule has 1 saturated heterocycles. The Balaban J connectivity index is 2.23. The predicted molar refractivity (Wildman–Crippen MR) is 55.8 cm³/mol. The molecule has 0 bridgehead atoms. The summed E-state index contributed by atoms with van der Waals surface area (Å²) in [6.07, 6.45) is 2.16. The van der Waals surface area contributed by atoms with Crippen molar-refractivity contribution in [3.63, 3.8) is 0 Å². The van der Waals surface area contributed by atoms with Gasteiger partial charge in [-0.2, -0.15) is 0 Å². The molecule has 1 heterocycles. The van der Waals surface area contributed by atoms with Gasteiger partial charge < -0.3 is 5.32 Å². The second-order valence-corrected chi connectivity index (χ2v) is 4.16. The first-order valence-electron chi connectivity index (χ1n) is 5.37. The van der Waals surface area contributed by atoms with E-state index in [0.717, 1.165) is 25.5 Å². The Bertz CT molecular complexity index is 345. The van der Waals surface area contributed by atoms with Crippen LogP contribution in [-0.4, -0.2) is 12.6 Å². The molecule has 1 aromatic carbocycles. The van der Waals surface area contributed by atoms with Crippen molar-refractivity contribution >= 4 is 0 Å². The van der Waals surface area contributed by atoms with Gasteiger partial charge in [0.15, 0.2) is 0 Å². The molecule has 2 rings (SSSR count). The van der Waals surface area contributed by atoms with Crippen molar-refractivity contribution in [1.29, 1.82) is 0 Å². The highest BCUT2D eigenvalue weighted by Crippen LogP contribution is 2.27. The topological polar surface area (TPSA) is 12.0 Å². The SMILES string of the molecule is C[C@H](c1cc(F)ccc1F)C1CCCN1. The van der Waals surface area contributed by atoms with Crippen LogP contribution in [0.1, 0.15) is 31.2 Å². The normalized spacial score (nSPS) is 23.0. The zero-order valence-corrected chi connectivity index (χ0v) is 8.76. The van der Waals surface area contributed by atoms with Crippen LogP contribution in [0.25, 0.3) is 0 Å². The molecule has 0 aliphatic carbocycles. The molecule has 0 aromatic heterocycles. The van der Waals surface area contributed by atoms with E-state index < -0.39 is 0 Å². The third kappa shape index (κ3) is 2.17. The summed E-state index contributed by atoms with van der Waals surface area (Å²) in [4.78, 5) is 0. The molecule has 82 valence electrons. The first kappa shape index (κ1) is 10.6. The fourth-order valence-corrected chi connectivity index (χ4v) is 2.22. The maximum atomic E-state index is 13.5. The molecule has 1 unspecified atom stereocenters. The van der Waals surface area contributed by atoms with Gasteiger partial charge in [-0.1, -0.05) is 6.92 Å². The van der Waals surface area contributed by atoms with Gasteiger partial charge in [-0.3, -0.25) is 0 Å². The maximum absolute atomic E-state index is 13.5. The lowest BCUT2D eigenvalue weighted by Crippen LogP contribution is -2.27. The van der Waals surface area contributed by atoms with Crippen molar-refractivity contribution in [2.75, 3.05) is 6.54 Å². The summed E-state index contributed by atoms with van der Waals surface area (Å²) >= 11 is 0. The smallest absolute Gasteiger partial charge is 0.126 e. The van der Waals surface area contributed by atoms with Crippen molar-refractivity contribution in [1.82, 2.24) is 5.32 Å². The average molecular weight is 211 g/mol. The highest BCUT2D eigenvalue weighted by Gasteiger charge is 2.24. The number of hydrogen-bond acceptors (Lipinski definition) is 1. The molecule has 0 amide bonds. The number of hydrogen-bond donors (Lipinski definition) is 1. The van der Waals surface area contributed by atoms with E-state index in [-0.39, 0.29) is 23.6 Å². The molecule has 15 heavy (non-hydrogen) atoms. The molecule has 3 heteroatoms. The minimum atomic E-state index is -0.365. The van der Waals surface area contributed by atoms with Gasteiger partial charge in [-0.15, -0.1) is 0 Å². The third-order valence-electron chi connectivity index (χ3n) is 3.15. The zero-order valence-electron chi connectivity index (χ0n) is 8.76. The van der Waals surface area contributed by atoms with Crippen molar-refractivity contribution in [2.24, 2.45) is 0 Å². The summed E-state index contributed by atoms with van der Waals surface area (Å²) in [5.41, 5.74) is 0.481. The van der Waals surface area contributed by atoms with Crippen LogP contribution < -0.4 is 5.32 Å². The van der Waals surface area contributed by atoms with Crippen LogP contribution in [0.4, 0.5) is 8.78 Å². The summed E-state index contributed by atoms with van der Waals surface area (Å²) in [7, 11) is 0. The number of rotatable bonds is 2. The first-order chi connectivity index (χ1) is 7.18. The quantitative estimate of drug-likeness (QED) is 0.793.